The average Bonchev–Trinajstić information content (AvgIpc) is 2.53. The number of hydrogen-bond acceptors (Lipinski definition) is 3. The Morgan fingerprint density at radius 3 is 2.73 bits per heavy atom. The molecular weight excluding hydrogens is 287 g/mol. The van der Waals surface area contributed by atoms with E-state index in [1.807, 2.05) is 0 Å². The van der Waals surface area contributed by atoms with Gasteiger partial charge in [0, 0.05) is 31.1 Å². The van der Waals surface area contributed by atoms with Crippen molar-refractivity contribution in [2.24, 2.45) is 5.92 Å². The molecule has 1 amide bonds. The maximum absolute atomic E-state index is 13.3. The van der Waals surface area contributed by atoms with Crippen molar-refractivity contribution < 1.29 is 14.3 Å². The van der Waals surface area contributed by atoms with E-state index in [0.29, 0.717) is 29.6 Å². The van der Waals surface area contributed by atoms with Gasteiger partial charge in [0.25, 0.3) is 5.91 Å². The second-order valence-electron chi connectivity index (χ2n) is 5.66. The lowest BCUT2D eigenvalue weighted by molar-refractivity contribution is 0.0652. The number of nitrogens with one attached hydrogen (secondary N) is 1. The summed E-state index contributed by atoms with van der Waals surface area (Å²) >= 11 is 0. The molecule has 5 nitrogen and oxygen atoms in total. The van der Waals surface area contributed by atoms with Gasteiger partial charge in [0.05, 0.1) is 11.1 Å². The van der Waals surface area contributed by atoms with Crippen LogP contribution in [-0.4, -0.2) is 40.6 Å². The molecule has 2 heterocycles. The molecule has 6 heteroatoms. The monoisotopic (exact) mass is 304 g/mol. The molecule has 1 fully saturated rings. The summed E-state index contributed by atoms with van der Waals surface area (Å²) in [7, 11) is 0. The first-order valence-electron chi connectivity index (χ1n) is 7.31. The Bertz CT molecular complexity index is 764. The number of likely N-dealkylation sites (tertiary alicyclic amines) is 1. The molecule has 0 aliphatic carbocycles. The third-order valence-corrected chi connectivity index (χ3v) is 4.20. The Kier molecular flexibility index (Phi) is 3.94. The van der Waals surface area contributed by atoms with Crippen LogP contribution in [0.3, 0.4) is 0 Å². The van der Waals surface area contributed by atoms with E-state index in [4.69, 9.17) is 5.11 Å². The standard InChI is InChI=1S/C16H17FN2O3/c17-11-1-2-12-13(8-15(21)18-14(12)7-11)16(22)19-5-3-10(9-20)4-6-19/h1-2,7-8,10,20H,3-6,9H2,(H,18,21). The summed E-state index contributed by atoms with van der Waals surface area (Å²) in [5, 5.41) is 9.69. The lowest BCUT2D eigenvalue weighted by Crippen LogP contribution is -2.39. The van der Waals surface area contributed by atoms with Gasteiger partial charge in [0.1, 0.15) is 5.82 Å². The summed E-state index contributed by atoms with van der Waals surface area (Å²) in [6.45, 7) is 1.24. The van der Waals surface area contributed by atoms with Crippen molar-refractivity contribution in [3.8, 4) is 0 Å². The maximum Gasteiger partial charge on any atom is 0.254 e. The number of aromatic nitrogens is 1. The van der Waals surface area contributed by atoms with E-state index in [1.54, 1.807) is 4.90 Å². The van der Waals surface area contributed by atoms with E-state index in [9.17, 15) is 14.0 Å². The number of halogens is 1. The number of rotatable bonds is 2. The Hall–Kier alpha value is -2.21. The number of aliphatic hydroxyl groups is 1. The second-order valence-corrected chi connectivity index (χ2v) is 5.66. The molecule has 0 saturated carbocycles. The Balaban J connectivity index is 1.96. The van der Waals surface area contributed by atoms with Gasteiger partial charge in [-0.3, -0.25) is 9.59 Å². The van der Waals surface area contributed by atoms with Crippen molar-refractivity contribution in [2.45, 2.75) is 12.8 Å². The normalized spacial score (nSPS) is 16.2. The van der Waals surface area contributed by atoms with Crippen molar-refractivity contribution in [3.05, 3.63) is 46.0 Å². The first-order chi connectivity index (χ1) is 10.6. The van der Waals surface area contributed by atoms with Gasteiger partial charge in [0.2, 0.25) is 5.56 Å². The Morgan fingerprint density at radius 2 is 2.05 bits per heavy atom. The van der Waals surface area contributed by atoms with Crippen LogP contribution in [0.4, 0.5) is 4.39 Å². The summed E-state index contributed by atoms with van der Waals surface area (Å²) < 4.78 is 13.3. The SMILES string of the molecule is O=C(c1cc(=O)[nH]c2cc(F)ccc12)N1CCC(CO)CC1. The number of piperidine rings is 1. The van der Waals surface area contributed by atoms with Crippen molar-refractivity contribution >= 4 is 16.8 Å². The molecule has 116 valence electrons. The first-order valence-corrected chi connectivity index (χ1v) is 7.31. The average molecular weight is 304 g/mol. The molecule has 1 aliphatic rings. The Morgan fingerprint density at radius 1 is 1.32 bits per heavy atom. The van der Waals surface area contributed by atoms with E-state index < -0.39 is 11.4 Å². The molecule has 2 aromatic rings. The van der Waals surface area contributed by atoms with Crippen LogP contribution in [-0.2, 0) is 0 Å². The first kappa shape index (κ1) is 14.7. The van der Waals surface area contributed by atoms with Gasteiger partial charge in [-0.05, 0) is 37.0 Å². The van der Waals surface area contributed by atoms with Crippen molar-refractivity contribution in [1.29, 1.82) is 0 Å². The second kappa shape index (κ2) is 5.88. The molecule has 0 radical (unpaired) electrons. The molecule has 1 aromatic heterocycles. The van der Waals surface area contributed by atoms with Gasteiger partial charge in [-0.1, -0.05) is 0 Å². The number of benzene rings is 1. The number of hydrogen-bond donors (Lipinski definition) is 2. The van der Waals surface area contributed by atoms with E-state index in [1.165, 1.54) is 24.3 Å². The number of aromatic amines is 1. The predicted molar refractivity (Wildman–Crippen MR) is 80.2 cm³/mol. The zero-order chi connectivity index (χ0) is 15.7. The number of H-pyrrole nitrogens is 1. The minimum absolute atomic E-state index is 0.134. The lowest BCUT2D eigenvalue weighted by Gasteiger charge is -2.31. The fraction of sp³-hybridized carbons (Fsp3) is 0.375. The molecule has 22 heavy (non-hydrogen) atoms. The summed E-state index contributed by atoms with van der Waals surface area (Å²) in [5.41, 5.74) is 0.189. The van der Waals surface area contributed by atoms with E-state index >= 15 is 0 Å². The number of carbonyl (C=O) groups is 1. The Labute approximate surface area is 126 Å². The van der Waals surface area contributed by atoms with E-state index in [0.717, 1.165) is 12.8 Å². The topological polar surface area (TPSA) is 73.4 Å². The van der Waals surface area contributed by atoms with Crippen LogP contribution in [0.25, 0.3) is 10.9 Å². The van der Waals surface area contributed by atoms with Crippen LogP contribution >= 0.6 is 0 Å². The molecule has 1 aliphatic heterocycles. The number of amides is 1. The number of aliphatic hydroxyl groups excluding tert-OH is 1. The summed E-state index contributed by atoms with van der Waals surface area (Å²) in [5.74, 6) is -0.454. The van der Waals surface area contributed by atoms with Gasteiger partial charge >= 0.3 is 0 Å². The van der Waals surface area contributed by atoms with Gasteiger partial charge in [-0.15, -0.1) is 0 Å². The number of nitrogens with zero attached hydrogens (tertiary/aromatic N) is 1. The van der Waals surface area contributed by atoms with E-state index in [2.05, 4.69) is 4.98 Å². The van der Waals surface area contributed by atoms with Crippen molar-refractivity contribution in [3.63, 3.8) is 0 Å². The number of fused-ring (bicyclic) bond motifs is 1. The zero-order valence-corrected chi connectivity index (χ0v) is 12.0. The van der Waals surface area contributed by atoms with Crippen LogP contribution in [0.1, 0.15) is 23.2 Å². The molecule has 0 bridgehead atoms. The third-order valence-electron chi connectivity index (χ3n) is 4.20. The van der Waals surface area contributed by atoms with Crippen LogP contribution in [0.5, 0.6) is 0 Å². The lowest BCUT2D eigenvalue weighted by atomic mass is 9.97. The van der Waals surface area contributed by atoms with Gasteiger partial charge in [0.15, 0.2) is 0 Å². The fourth-order valence-corrected chi connectivity index (χ4v) is 2.90. The highest BCUT2D eigenvalue weighted by atomic mass is 19.1. The number of carbonyl (C=O) groups excluding carboxylic acids is 1. The molecule has 0 atom stereocenters. The molecule has 1 aromatic carbocycles. The maximum atomic E-state index is 13.3. The smallest absolute Gasteiger partial charge is 0.254 e. The van der Waals surface area contributed by atoms with Crippen LogP contribution in [0.15, 0.2) is 29.1 Å². The van der Waals surface area contributed by atoms with Crippen LogP contribution in [0, 0.1) is 11.7 Å². The van der Waals surface area contributed by atoms with Crippen LogP contribution in [0.2, 0.25) is 0 Å². The van der Waals surface area contributed by atoms with Gasteiger partial charge in [-0.2, -0.15) is 0 Å². The zero-order valence-electron chi connectivity index (χ0n) is 12.0. The molecule has 1 saturated heterocycles. The summed E-state index contributed by atoms with van der Waals surface area (Å²) in [6.07, 6.45) is 1.50. The van der Waals surface area contributed by atoms with Crippen molar-refractivity contribution in [2.75, 3.05) is 19.7 Å². The predicted octanol–water partition coefficient (Wildman–Crippen LogP) is 1.51. The highest BCUT2D eigenvalue weighted by molar-refractivity contribution is 6.06. The molecule has 2 N–H and O–H groups in total. The van der Waals surface area contributed by atoms with E-state index in [-0.39, 0.29) is 18.4 Å². The molecule has 3 rings (SSSR count). The minimum Gasteiger partial charge on any atom is -0.396 e. The molecular formula is C16H17FN2O3. The largest absolute Gasteiger partial charge is 0.396 e. The molecule has 0 unspecified atom stereocenters. The summed E-state index contributed by atoms with van der Waals surface area (Å²) in [4.78, 5) is 28.6. The van der Waals surface area contributed by atoms with Crippen molar-refractivity contribution in [1.82, 2.24) is 9.88 Å². The quantitative estimate of drug-likeness (QED) is 0.883. The molecule has 0 spiro atoms. The fourth-order valence-electron chi connectivity index (χ4n) is 2.90. The minimum atomic E-state index is -0.462. The number of pyridine rings is 1. The van der Waals surface area contributed by atoms with Gasteiger partial charge in [-0.25, -0.2) is 4.39 Å². The highest BCUT2D eigenvalue weighted by Crippen LogP contribution is 2.22. The van der Waals surface area contributed by atoms with Crippen LogP contribution < -0.4 is 5.56 Å². The highest BCUT2D eigenvalue weighted by Gasteiger charge is 2.24. The third kappa shape index (κ3) is 2.74. The van der Waals surface area contributed by atoms with Gasteiger partial charge < -0.3 is 15.0 Å². The summed E-state index contributed by atoms with van der Waals surface area (Å²) in [6, 6.07) is 5.26.